The van der Waals surface area contributed by atoms with Crippen molar-refractivity contribution in [1.29, 1.82) is 0 Å². The molecule has 0 fully saturated rings. The summed E-state index contributed by atoms with van der Waals surface area (Å²) in [6.45, 7) is 0. The van der Waals surface area contributed by atoms with Gasteiger partial charge in [0.2, 0.25) is 10.0 Å². The van der Waals surface area contributed by atoms with E-state index in [0.29, 0.717) is 0 Å². The molecule has 3 aromatic rings. The van der Waals surface area contributed by atoms with Gasteiger partial charge in [-0.1, -0.05) is 66.7 Å². The van der Waals surface area contributed by atoms with Crippen LogP contribution < -0.4 is 14.8 Å². The van der Waals surface area contributed by atoms with Gasteiger partial charge in [0.25, 0.3) is 10.0 Å². The largest absolute Gasteiger partial charge is 0.329 e. The summed E-state index contributed by atoms with van der Waals surface area (Å²) in [7, 11) is -7.83. The van der Waals surface area contributed by atoms with E-state index < -0.39 is 32.1 Å². The molecule has 31 heavy (non-hydrogen) atoms. The topological polar surface area (TPSA) is 121 Å². The maximum Gasteiger partial charge on any atom is 0.329 e. The van der Waals surface area contributed by atoms with Crippen LogP contribution in [0.2, 0.25) is 0 Å². The fourth-order valence-corrected chi connectivity index (χ4v) is 4.45. The van der Waals surface area contributed by atoms with Crippen LogP contribution in [0.5, 0.6) is 0 Å². The summed E-state index contributed by atoms with van der Waals surface area (Å²) < 4.78 is 52.3. The number of anilines is 1. The number of nitrogens with one attached hydrogen (secondary N) is 3. The summed E-state index contributed by atoms with van der Waals surface area (Å²) in [6.07, 6.45) is 0.952. The molecule has 0 bridgehead atoms. The molecule has 0 unspecified atom stereocenters. The lowest BCUT2D eigenvalue weighted by molar-refractivity contribution is 0.243. The number of benzene rings is 3. The first-order valence-electron chi connectivity index (χ1n) is 9.15. The highest BCUT2D eigenvalue weighted by Gasteiger charge is 2.22. The molecule has 0 aliphatic carbocycles. The second-order valence-electron chi connectivity index (χ2n) is 6.74. The Morgan fingerprint density at radius 1 is 0.774 bits per heavy atom. The normalized spacial score (nSPS) is 11.7. The molecule has 3 aromatic carbocycles. The predicted octanol–water partition coefficient (Wildman–Crippen LogP) is 2.84. The van der Waals surface area contributed by atoms with Crippen molar-refractivity contribution in [3.63, 3.8) is 0 Å². The first kappa shape index (κ1) is 22.3. The number of hydrogen-bond acceptors (Lipinski definition) is 5. The zero-order chi connectivity index (χ0) is 22.5. The minimum Gasteiger partial charge on any atom is -0.326 e. The number of urea groups is 1. The molecule has 0 aliphatic heterocycles. The zero-order valence-electron chi connectivity index (χ0n) is 16.5. The summed E-state index contributed by atoms with van der Waals surface area (Å²) in [5.74, 6) is 0. The van der Waals surface area contributed by atoms with Gasteiger partial charge in [-0.3, -0.25) is 4.72 Å². The van der Waals surface area contributed by atoms with Gasteiger partial charge in [-0.15, -0.1) is 0 Å². The van der Waals surface area contributed by atoms with Gasteiger partial charge < -0.3 is 5.32 Å². The third kappa shape index (κ3) is 6.30. The van der Waals surface area contributed by atoms with E-state index in [1.165, 1.54) is 18.2 Å². The lowest BCUT2D eigenvalue weighted by Gasteiger charge is -2.20. The second-order valence-corrected chi connectivity index (χ2v) is 10.2. The average molecular weight is 460 g/mol. The van der Waals surface area contributed by atoms with Gasteiger partial charge in [0.05, 0.1) is 17.2 Å². The van der Waals surface area contributed by atoms with Crippen molar-refractivity contribution in [2.45, 2.75) is 10.9 Å². The van der Waals surface area contributed by atoms with E-state index in [-0.39, 0.29) is 10.6 Å². The Morgan fingerprint density at radius 2 is 1.32 bits per heavy atom. The third-order valence-electron chi connectivity index (χ3n) is 4.22. The highest BCUT2D eigenvalue weighted by atomic mass is 32.2. The monoisotopic (exact) mass is 459 g/mol. The highest BCUT2D eigenvalue weighted by Crippen LogP contribution is 2.22. The van der Waals surface area contributed by atoms with Crippen LogP contribution in [0.4, 0.5) is 10.5 Å². The Labute approximate surface area is 181 Å². The number of carbonyl (C=O) groups excluding carboxylic acids is 1. The molecule has 0 aliphatic rings. The Morgan fingerprint density at radius 3 is 1.84 bits per heavy atom. The van der Waals surface area contributed by atoms with E-state index in [1.807, 2.05) is 65.4 Å². The van der Waals surface area contributed by atoms with Crippen LogP contribution in [0.3, 0.4) is 0 Å². The van der Waals surface area contributed by atoms with Gasteiger partial charge in [0, 0.05) is 5.69 Å². The smallest absolute Gasteiger partial charge is 0.326 e. The fraction of sp³-hybridized carbons (Fsp3) is 0.0952. The van der Waals surface area contributed by atoms with Crippen LogP contribution >= 0.6 is 0 Å². The van der Waals surface area contributed by atoms with Crippen LogP contribution in [-0.2, 0) is 20.0 Å². The van der Waals surface area contributed by atoms with Crippen LogP contribution in [0.15, 0.2) is 89.8 Å². The van der Waals surface area contributed by atoms with Crippen LogP contribution in [-0.4, -0.2) is 29.1 Å². The lowest BCUT2D eigenvalue weighted by atomic mass is 9.99. The number of amides is 2. The number of carbonyl (C=O) groups is 1. The Bertz CT molecular complexity index is 1220. The molecule has 8 nitrogen and oxygen atoms in total. The quantitative estimate of drug-likeness (QED) is 0.502. The summed E-state index contributed by atoms with van der Waals surface area (Å²) in [4.78, 5) is 12.3. The summed E-state index contributed by atoms with van der Waals surface area (Å²) >= 11 is 0. The van der Waals surface area contributed by atoms with Crippen molar-refractivity contribution in [3.8, 4) is 0 Å². The van der Waals surface area contributed by atoms with Crippen molar-refractivity contribution in [1.82, 2.24) is 10.0 Å². The van der Waals surface area contributed by atoms with Crippen molar-refractivity contribution in [2.75, 3.05) is 11.0 Å². The molecule has 0 spiro atoms. The van der Waals surface area contributed by atoms with Gasteiger partial charge in [0.15, 0.2) is 0 Å². The minimum atomic E-state index is -4.24. The van der Waals surface area contributed by atoms with E-state index in [2.05, 4.69) is 10.0 Å². The summed E-state index contributed by atoms with van der Waals surface area (Å²) in [5, 5.41) is 2.69. The zero-order valence-corrected chi connectivity index (χ0v) is 18.2. The molecular formula is C21H21N3O5S2. The number of rotatable bonds is 7. The predicted molar refractivity (Wildman–Crippen MR) is 118 cm³/mol. The van der Waals surface area contributed by atoms with Crippen molar-refractivity contribution in [2.24, 2.45) is 0 Å². The Kier molecular flexibility index (Phi) is 6.62. The highest BCUT2D eigenvalue weighted by molar-refractivity contribution is 7.92. The summed E-state index contributed by atoms with van der Waals surface area (Å²) in [5.41, 5.74) is 1.62. The van der Waals surface area contributed by atoms with Crippen molar-refractivity contribution in [3.05, 3.63) is 96.1 Å². The molecule has 3 rings (SSSR count). The maximum atomic E-state index is 12.7. The number of sulfonamides is 2. The molecule has 3 N–H and O–H groups in total. The van der Waals surface area contributed by atoms with Crippen LogP contribution in [0, 0.1) is 0 Å². The van der Waals surface area contributed by atoms with Gasteiger partial charge in [-0.25, -0.2) is 26.4 Å². The van der Waals surface area contributed by atoms with Gasteiger partial charge in [-0.05, 0) is 29.3 Å². The molecule has 0 saturated heterocycles. The third-order valence-corrected chi connectivity index (χ3v) is 6.15. The van der Waals surface area contributed by atoms with E-state index in [0.717, 1.165) is 23.4 Å². The minimum absolute atomic E-state index is 0.0669. The molecule has 10 heteroatoms. The van der Waals surface area contributed by atoms with E-state index in [9.17, 15) is 21.6 Å². The standard InChI is InChI=1S/C21H21N3O5S2/c1-30(26,27)23-18-13-8-14-19(15-18)31(28,29)24-21(25)22-20(16-9-4-2-5-10-16)17-11-6-3-7-12-17/h2-15,20,23H,1H3,(H2,22,24,25). The molecule has 0 radical (unpaired) electrons. The Hall–Kier alpha value is -3.37. The molecule has 2 amide bonds. The molecular weight excluding hydrogens is 438 g/mol. The number of hydrogen-bond donors (Lipinski definition) is 3. The molecule has 0 aromatic heterocycles. The first-order chi connectivity index (χ1) is 14.6. The molecule has 0 saturated carbocycles. The first-order valence-corrected chi connectivity index (χ1v) is 12.5. The van der Waals surface area contributed by atoms with Crippen LogP contribution in [0.25, 0.3) is 0 Å². The van der Waals surface area contributed by atoms with Gasteiger partial charge >= 0.3 is 6.03 Å². The SMILES string of the molecule is CS(=O)(=O)Nc1cccc(S(=O)(=O)NC(=O)NC(c2ccccc2)c2ccccc2)c1. The lowest BCUT2D eigenvalue weighted by Crippen LogP contribution is -2.41. The molecule has 0 heterocycles. The summed E-state index contributed by atoms with van der Waals surface area (Å²) in [6, 6.07) is 21.9. The van der Waals surface area contributed by atoms with Crippen LogP contribution in [0.1, 0.15) is 17.2 Å². The van der Waals surface area contributed by atoms with Crippen molar-refractivity contribution < 1.29 is 21.6 Å². The van der Waals surface area contributed by atoms with Gasteiger partial charge in [-0.2, -0.15) is 0 Å². The fourth-order valence-electron chi connectivity index (χ4n) is 2.93. The van der Waals surface area contributed by atoms with E-state index in [1.54, 1.807) is 0 Å². The molecule has 0 atom stereocenters. The second kappa shape index (κ2) is 9.19. The van der Waals surface area contributed by atoms with E-state index in [4.69, 9.17) is 0 Å². The molecule has 162 valence electrons. The Balaban J connectivity index is 1.82. The van der Waals surface area contributed by atoms with Crippen molar-refractivity contribution >= 4 is 31.8 Å². The average Bonchev–Trinajstić information content (AvgIpc) is 2.72. The van der Waals surface area contributed by atoms with E-state index >= 15 is 0 Å². The maximum absolute atomic E-state index is 12.7. The van der Waals surface area contributed by atoms with Gasteiger partial charge in [0.1, 0.15) is 0 Å².